The van der Waals surface area contributed by atoms with Gasteiger partial charge >= 0.3 is 5.97 Å². The van der Waals surface area contributed by atoms with Crippen molar-refractivity contribution in [1.82, 2.24) is 14.3 Å². The molecular formula is C23H22N4O3S3. The minimum atomic E-state index is -0.880. The number of nitrogens with two attached hydrogens (primary N) is 1. The van der Waals surface area contributed by atoms with E-state index in [1.54, 1.807) is 16.7 Å². The van der Waals surface area contributed by atoms with Gasteiger partial charge < -0.3 is 15.4 Å². The summed E-state index contributed by atoms with van der Waals surface area (Å²) in [6.45, 7) is 0.290. The van der Waals surface area contributed by atoms with Crippen LogP contribution in [-0.4, -0.2) is 55.6 Å². The summed E-state index contributed by atoms with van der Waals surface area (Å²) in [5.41, 5.74) is 6.89. The zero-order valence-electron chi connectivity index (χ0n) is 17.6. The van der Waals surface area contributed by atoms with Crippen LogP contribution >= 0.6 is 35.1 Å². The van der Waals surface area contributed by atoms with Gasteiger partial charge in [-0.25, -0.2) is 4.98 Å². The summed E-state index contributed by atoms with van der Waals surface area (Å²) in [6.07, 6.45) is 0.961. The van der Waals surface area contributed by atoms with Crippen molar-refractivity contribution in [3.8, 4) is 0 Å². The van der Waals surface area contributed by atoms with E-state index in [0.717, 1.165) is 15.5 Å². The van der Waals surface area contributed by atoms with E-state index in [0.29, 0.717) is 11.5 Å². The Hall–Kier alpha value is -2.40. The molecule has 2 aliphatic rings. The first-order chi connectivity index (χ1) is 16.1. The first-order valence-electron chi connectivity index (χ1n) is 10.5. The number of rotatable bonds is 7. The number of ether oxygens (including phenoxy) is 1. The summed E-state index contributed by atoms with van der Waals surface area (Å²) >= 11 is 4.31. The van der Waals surface area contributed by atoms with Gasteiger partial charge in [-0.1, -0.05) is 72.4 Å². The van der Waals surface area contributed by atoms with Crippen LogP contribution in [-0.2, 0) is 14.3 Å². The number of carbonyl (C=O) groups excluding carboxylic acids is 2. The number of thioether (sulfide) groups is 2. The molecule has 10 heteroatoms. The lowest BCUT2D eigenvalue weighted by atomic mass is 9.89. The summed E-state index contributed by atoms with van der Waals surface area (Å²) in [4.78, 5) is 32.2. The average Bonchev–Trinajstić information content (AvgIpc) is 3.40. The molecule has 0 radical (unpaired) electrons. The summed E-state index contributed by atoms with van der Waals surface area (Å²) in [5, 5.41) is -0.0796. The molecule has 1 amide bonds. The number of esters is 1. The Morgan fingerprint density at radius 2 is 1.85 bits per heavy atom. The Bertz CT molecular complexity index is 1080. The third-order valence-electron chi connectivity index (χ3n) is 5.86. The molecule has 170 valence electrons. The van der Waals surface area contributed by atoms with Crippen LogP contribution in [0.5, 0.6) is 0 Å². The van der Waals surface area contributed by atoms with Crippen molar-refractivity contribution < 1.29 is 14.3 Å². The number of amides is 1. The highest BCUT2D eigenvalue weighted by atomic mass is 32.2. The predicted octanol–water partition coefficient (Wildman–Crippen LogP) is 3.19. The number of β-lactam (4-membered cyclic amide) rings is 1. The van der Waals surface area contributed by atoms with E-state index in [2.05, 4.69) is 9.36 Å². The van der Waals surface area contributed by atoms with Crippen LogP contribution in [0.4, 0.5) is 0 Å². The molecule has 0 bridgehead atoms. The van der Waals surface area contributed by atoms with Gasteiger partial charge in [-0.3, -0.25) is 9.59 Å². The third-order valence-corrected chi connectivity index (χ3v) is 9.56. The fraction of sp³-hybridized carbons (Fsp3) is 0.304. The summed E-state index contributed by atoms with van der Waals surface area (Å²) < 4.78 is 11.1. The zero-order chi connectivity index (χ0) is 22.8. The highest BCUT2D eigenvalue weighted by molar-refractivity contribution is 8.01. The minimum Gasteiger partial charge on any atom is -0.452 e. The standard InChI is InChI=1S/C23H22N4O3S3/c24-17-19(28)27-11-23(12-31-20(17)27,13-32-22-25-14-26-33-22)21(29)30-18(15-7-3-1-4-8-15)16-9-5-2-6-10-16/h1-10,14,17-18,20H,11-13,24H2/t17?,20-,23?/m1/s1. The van der Waals surface area contributed by atoms with Crippen molar-refractivity contribution in [3.05, 3.63) is 78.1 Å². The number of carbonyl (C=O) groups is 2. The van der Waals surface area contributed by atoms with Gasteiger partial charge in [-0.15, -0.1) is 11.8 Å². The molecule has 2 aromatic carbocycles. The van der Waals surface area contributed by atoms with Gasteiger partial charge in [0.15, 0.2) is 10.4 Å². The molecule has 2 N–H and O–H groups in total. The molecule has 2 saturated heterocycles. The van der Waals surface area contributed by atoms with Crippen LogP contribution < -0.4 is 5.73 Å². The van der Waals surface area contributed by atoms with Crippen molar-refractivity contribution in [2.45, 2.75) is 21.9 Å². The first kappa shape index (κ1) is 22.4. The van der Waals surface area contributed by atoms with Gasteiger partial charge in [0.05, 0.1) is 0 Å². The fourth-order valence-corrected chi connectivity index (χ4v) is 7.28. The monoisotopic (exact) mass is 498 g/mol. The van der Waals surface area contributed by atoms with E-state index in [-0.39, 0.29) is 23.8 Å². The van der Waals surface area contributed by atoms with Crippen LogP contribution in [0.15, 0.2) is 71.3 Å². The molecule has 33 heavy (non-hydrogen) atoms. The van der Waals surface area contributed by atoms with Crippen molar-refractivity contribution >= 4 is 46.9 Å². The second kappa shape index (κ2) is 9.46. The lowest BCUT2D eigenvalue weighted by molar-refractivity contribution is -0.163. The molecule has 2 unspecified atom stereocenters. The molecule has 1 aromatic heterocycles. The summed E-state index contributed by atoms with van der Waals surface area (Å²) in [5.74, 6) is 0.524. The Kier molecular flexibility index (Phi) is 6.42. The van der Waals surface area contributed by atoms with E-state index >= 15 is 0 Å². The Balaban J connectivity index is 1.43. The van der Waals surface area contributed by atoms with Gasteiger partial charge in [0.1, 0.15) is 23.2 Å². The highest BCUT2D eigenvalue weighted by Gasteiger charge is 2.56. The normalized spacial score (nSPS) is 24.3. The van der Waals surface area contributed by atoms with Crippen molar-refractivity contribution in [1.29, 1.82) is 0 Å². The second-order valence-corrected chi connectivity index (χ2v) is 11.2. The molecule has 5 rings (SSSR count). The van der Waals surface area contributed by atoms with Gasteiger partial charge in [0.2, 0.25) is 5.91 Å². The SMILES string of the molecule is NC1C(=O)N2CC(CSc3ncns3)(C(=O)OC(c3ccccc3)c3ccccc3)CS[C@H]12. The number of hydrogen-bond acceptors (Lipinski definition) is 9. The van der Waals surface area contributed by atoms with E-state index in [9.17, 15) is 9.59 Å². The average molecular weight is 499 g/mol. The van der Waals surface area contributed by atoms with Crippen molar-refractivity contribution in [2.24, 2.45) is 11.1 Å². The van der Waals surface area contributed by atoms with Crippen molar-refractivity contribution in [3.63, 3.8) is 0 Å². The molecule has 0 saturated carbocycles. The van der Waals surface area contributed by atoms with Gasteiger partial charge in [0.25, 0.3) is 0 Å². The van der Waals surface area contributed by atoms with Crippen LogP contribution in [0.3, 0.4) is 0 Å². The highest BCUT2D eigenvalue weighted by Crippen LogP contribution is 2.45. The van der Waals surface area contributed by atoms with E-state index in [1.807, 2.05) is 60.7 Å². The molecule has 7 nitrogen and oxygen atoms in total. The Morgan fingerprint density at radius 3 is 2.45 bits per heavy atom. The maximum atomic E-state index is 13.9. The van der Waals surface area contributed by atoms with E-state index in [4.69, 9.17) is 10.5 Å². The van der Waals surface area contributed by atoms with Crippen LogP contribution in [0.2, 0.25) is 0 Å². The fourth-order valence-electron chi connectivity index (χ4n) is 4.04. The minimum absolute atomic E-state index is 0.0796. The molecule has 0 spiro atoms. The number of nitrogens with zero attached hydrogens (tertiary/aromatic N) is 3. The van der Waals surface area contributed by atoms with E-state index in [1.165, 1.54) is 29.6 Å². The number of benzene rings is 2. The lowest BCUT2D eigenvalue weighted by Gasteiger charge is -2.53. The molecule has 2 fully saturated rings. The van der Waals surface area contributed by atoms with Gasteiger partial charge in [-0.05, 0) is 22.7 Å². The molecule has 3 aromatic rings. The van der Waals surface area contributed by atoms with Crippen LogP contribution in [0.25, 0.3) is 0 Å². The predicted molar refractivity (Wildman–Crippen MR) is 130 cm³/mol. The third kappa shape index (κ3) is 4.40. The first-order valence-corrected chi connectivity index (χ1v) is 13.3. The molecule has 0 aliphatic carbocycles. The maximum Gasteiger partial charge on any atom is 0.316 e. The molecular weight excluding hydrogens is 476 g/mol. The lowest BCUT2D eigenvalue weighted by Crippen LogP contribution is -2.72. The van der Waals surface area contributed by atoms with Gasteiger partial charge in [0, 0.05) is 18.1 Å². The smallest absolute Gasteiger partial charge is 0.316 e. The van der Waals surface area contributed by atoms with Gasteiger partial charge in [-0.2, -0.15) is 4.37 Å². The quantitative estimate of drug-likeness (QED) is 0.301. The summed E-state index contributed by atoms with van der Waals surface area (Å²) in [7, 11) is 0. The number of hydrogen-bond donors (Lipinski definition) is 1. The number of aromatic nitrogens is 2. The molecule has 2 aliphatic heterocycles. The topological polar surface area (TPSA) is 98.4 Å². The second-order valence-electron chi connectivity index (χ2n) is 8.08. The molecule has 3 heterocycles. The zero-order valence-corrected chi connectivity index (χ0v) is 20.0. The van der Waals surface area contributed by atoms with Crippen LogP contribution in [0, 0.1) is 5.41 Å². The Morgan fingerprint density at radius 1 is 1.18 bits per heavy atom. The van der Waals surface area contributed by atoms with Crippen LogP contribution in [0.1, 0.15) is 17.2 Å². The van der Waals surface area contributed by atoms with Crippen molar-refractivity contribution in [2.75, 3.05) is 18.1 Å². The largest absolute Gasteiger partial charge is 0.452 e. The van der Waals surface area contributed by atoms with E-state index < -0.39 is 17.6 Å². The summed E-state index contributed by atoms with van der Waals surface area (Å²) in [6, 6.07) is 18.9. The Labute approximate surface area is 204 Å². The number of fused-ring (bicyclic) bond motifs is 1. The maximum absolute atomic E-state index is 13.9. The molecule has 3 atom stereocenters.